The van der Waals surface area contributed by atoms with E-state index in [0.717, 1.165) is 18.5 Å². The second kappa shape index (κ2) is 3.54. The van der Waals surface area contributed by atoms with Gasteiger partial charge in [-0.1, -0.05) is 15.9 Å². The van der Waals surface area contributed by atoms with Crippen molar-refractivity contribution in [2.24, 2.45) is 0 Å². The van der Waals surface area contributed by atoms with Gasteiger partial charge >= 0.3 is 0 Å². The van der Waals surface area contributed by atoms with E-state index in [1.807, 2.05) is 6.92 Å². The second-order valence-electron chi connectivity index (χ2n) is 2.25. The van der Waals surface area contributed by atoms with E-state index in [0.29, 0.717) is 0 Å². The van der Waals surface area contributed by atoms with Gasteiger partial charge in [0.05, 0.1) is 25.4 Å². The minimum Gasteiger partial charge on any atom is -0.373 e. The molecule has 9 heavy (non-hydrogen) atoms. The first kappa shape index (κ1) is 7.51. The number of hydrogen-bond donors (Lipinski definition) is 0. The lowest BCUT2D eigenvalue weighted by Gasteiger charge is -2.25. The summed E-state index contributed by atoms with van der Waals surface area (Å²) in [5.74, 6) is 0. The highest BCUT2D eigenvalue weighted by molar-refractivity contribution is 9.09. The van der Waals surface area contributed by atoms with Crippen molar-refractivity contribution in [1.82, 2.24) is 0 Å². The van der Waals surface area contributed by atoms with Gasteiger partial charge in [0.2, 0.25) is 0 Å². The number of ether oxygens (including phenoxy) is 2. The molecule has 0 unspecified atom stereocenters. The van der Waals surface area contributed by atoms with Gasteiger partial charge in [-0.05, 0) is 6.92 Å². The molecule has 54 valence electrons. The van der Waals surface area contributed by atoms with Crippen LogP contribution in [0.25, 0.3) is 0 Å². The van der Waals surface area contributed by atoms with Gasteiger partial charge in [0.25, 0.3) is 0 Å². The monoisotopic (exact) mass is 194 g/mol. The molecule has 0 aromatic rings. The zero-order chi connectivity index (χ0) is 6.69. The fourth-order valence-electron chi connectivity index (χ4n) is 0.728. The van der Waals surface area contributed by atoms with Crippen molar-refractivity contribution in [2.45, 2.75) is 19.1 Å². The molecular weight excluding hydrogens is 184 g/mol. The van der Waals surface area contributed by atoms with Crippen LogP contribution >= 0.6 is 15.9 Å². The predicted octanol–water partition coefficient (Wildman–Crippen LogP) is 1.19. The Labute approximate surface area is 63.7 Å². The van der Waals surface area contributed by atoms with Gasteiger partial charge < -0.3 is 9.47 Å². The van der Waals surface area contributed by atoms with Crippen molar-refractivity contribution in [3.63, 3.8) is 0 Å². The van der Waals surface area contributed by atoms with E-state index < -0.39 is 0 Å². The summed E-state index contributed by atoms with van der Waals surface area (Å²) < 4.78 is 10.7. The van der Waals surface area contributed by atoms with Crippen LogP contribution in [0.4, 0.5) is 0 Å². The Morgan fingerprint density at radius 3 is 2.67 bits per heavy atom. The third-order valence-corrected chi connectivity index (χ3v) is 2.03. The number of alkyl halides is 1. The third kappa shape index (κ3) is 2.24. The highest BCUT2D eigenvalue weighted by Crippen LogP contribution is 2.07. The Morgan fingerprint density at radius 1 is 1.44 bits per heavy atom. The highest BCUT2D eigenvalue weighted by atomic mass is 79.9. The molecular formula is C6H11BrO2. The van der Waals surface area contributed by atoms with Crippen molar-refractivity contribution in [3.05, 3.63) is 0 Å². The second-order valence-corrected chi connectivity index (χ2v) is 2.90. The molecule has 0 aliphatic carbocycles. The van der Waals surface area contributed by atoms with Gasteiger partial charge in [0, 0.05) is 5.33 Å². The Kier molecular flexibility index (Phi) is 2.95. The molecule has 3 heteroatoms. The van der Waals surface area contributed by atoms with Crippen molar-refractivity contribution in [2.75, 3.05) is 18.5 Å². The third-order valence-electron chi connectivity index (χ3n) is 1.31. The topological polar surface area (TPSA) is 18.5 Å². The molecule has 0 radical (unpaired) electrons. The van der Waals surface area contributed by atoms with Crippen molar-refractivity contribution in [3.8, 4) is 0 Å². The summed E-state index contributed by atoms with van der Waals surface area (Å²) in [5.41, 5.74) is 0. The molecule has 1 rings (SSSR count). The van der Waals surface area contributed by atoms with Crippen molar-refractivity contribution >= 4 is 15.9 Å². The van der Waals surface area contributed by atoms with Crippen LogP contribution in [0.15, 0.2) is 0 Å². The normalized spacial score (nSPS) is 36.7. The lowest BCUT2D eigenvalue weighted by atomic mass is 10.3. The Morgan fingerprint density at radius 2 is 2.22 bits per heavy atom. The largest absolute Gasteiger partial charge is 0.373 e. The quantitative estimate of drug-likeness (QED) is 0.585. The molecule has 1 aliphatic heterocycles. The zero-order valence-electron chi connectivity index (χ0n) is 5.47. The molecule has 0 aromatic carbocycles. The van der Waals surface area contributed by atoms with Crippen LogP contribution in [-0.2, 0) is 9.47 Å². The first-order valence-electron chi connectivity index (χ1n) is 3.12. The van der Waals surface area contributed by atoms with Gasteiger partial charge in [-0.25, -0.2) is 0 Å². The molecule has 0 amide bonds. The summed E-state index contributed by atoms with van der Waals surface area (Å²) in [5, 5.41) is 0.875. The Hall–Kier alpha value is 0.400. The van der Waals surface area contributed by atoms with E-state index in [4.69, 9.17) is 9.47 Å². The van der Waals surface area contributed by atoms with Crippen LogP contribution in [0.2, 0.25) is 0 Å². The van der Waals surface area contributed by atoms with Gasteiger partial charge in [0.1, 0.15) is 0 Å². The summed E-state index contributed by atoms with van der Waals surface area (Å²) in [6, 6.07) is 0. The number of hydrogen-bond acceptors (Lipinski definition) is 2. The SMILES string of the molecule is C[C@@H]1CO[C@@H](CBr)CO1. The van der Waals surface area contributed by atoms with E-state index >= 15 is 0 Å². The summed E-state index contributed by atoms with van der Waals surface area (Å²) in [7, 11) is 0. The predicted molar refractivity (Wildman–Crippen MR) is 38.9 cm³/mol. The summed E-state index contributed by atoms with van der Waals surface area (Å²) in [4.78, 5) is 0. The minimum atomic E-state index is 0.265. The van der Waals surface area contributed by atoms with Crippen LogP contribution < -0.4 is 0 Å². The zero-order valence-corrected chi connectivity index (χ0v) is 7.06. The fraction of sp³-hybridized carbons (Fsp3) is 1.00. The molecule has 0 spiro atoms. The summed E-state index contributed by atoms with van der Waals surface area (Å²) >= 11 is 3.33. The molecule has 0 N–H and O–H groups in total. The lowest BCUT2D eigenvalue weighted by molar-refractivity contribution is -0.117. The van der Waals surface area contributed by atoms with Gasteiger partial charge in [-0.3, -0.25) is 0 Å². The van der Waals surface area contributed by atoms with Gasteiger partial charge in [-0.15, -0.1) is 0 Å². The highest BCUT2D eigenvalue weighted by Gasteiger charge is 2.16. The number of rotatable bonds is 1. The molecule has 1 saturated heterocycles. The number of halogens is 1. The maximum atomic E-state index is 5.37. The maximum absolute atomic E-state index is 5.37. The molecule has 1 fully saturated rings. The lowest BCUT2D eigenvalue weighted by Crippen LogP contribution is -2.34. The summed E-state index contributed by atoms with van der Waals surface area (Å²) in [6.07, 6.45) is 0.543. The Bertz CT molecular complexity index is 79.1. The average molecular weight is 195 g/mol. The van der Waals surface area contributed by atoms with Crippen molar-refractivity contribution < 1.29 is 9.47 Å². The van der Waals surface area contributed by atoms with E-state index in [1.165, 1.54) is 0 Å². The fourth-order valence-corrected chi connectivity index (χ4v) is 1.10. The molecule has 2 nitrogen and oxygen atoms in total. The smallest absolute Gasteiger partial charge is 0.0906 e. The molecule has 2 atom stereocenters. The van der Waals surface area contributed by atoms with Crippen LogP contribution in [-0.4, -0.2) is 30.8 Å². The molecule has 1 heterocycles. The van der Waals surface area contributed by atoms with Crippen LogP contribution in [0.3, 0.4) is 0 Å². The molecule has 0 bridgehead atoms. The van der Waals surface area contributed by atoms with Crippen LogP contribution in [0.1, 0.15) is 6.92 Å². The van der Waals surface area contributed by atoms with E-state index in [2.05, 4.69) is 15.9 Å². The summed E-state index contributed by atoms with van der Waals surface area (Å²) in [6.45, 7) is 3.48. The minimum absolute atomic E-state index is 0.265. The van der Waals surface area contributed by atoms with E-state index in [9.17, 15) is 0 Å². The van der Waals surface area contributed by atoms with Crippen LogP contribution in [0, 0.1) is 0 Å². The maximum Gasteiger partial charge on any atom is 0.0906 e. The molecule has 0 saturated carbocycles. The average Bonchev–Trinajstić information content (AvgIpc) is 1.90. The molecule has 1 aliphatic rings. The Balaban J connectivity index is 2.18. The molecule has 0 aromatic heterocycles. The standard InChI is InChI=1S/C6H11BrO2/c1-5-3-9-6(2-7)4-8-5/h5-6H,2-4H2,1H3/t5-,6+/m1/s1. The van der Waals surface area contributed by atoms with Crippen molar-refractivity contribution in [1.29, 1.82) is 0 Å². The van der Waals surface area contributed by atoms with E-state index in [-0.39, 0.29) is 12.2 Å². The first-order chi connectivity index (χ1) is 4.33. The van der Waals surface area contributed by atoms with E-state index in [1.54, 1.807) is 0 Å². The van der Waals surface area contributed by atoms with Crippen LogP contribution in [0.5, 0.6) is 0 Å². The van der Waals surface area contributed by atoms with Gasteiger partial charge in [0.15, 0.2) is 0 Å². The van der Waals surface area contributed by atoms with Gasteiger partial charge in [-0.2, -0.15) is 0 Å². The first-order valence-corrected chi connectivity index (χ1v) is 4.24.